The van der Waals surface area contributed by atoms with Crippen molar-refractivity contribution in [1.82, 2.24) is 0 Å². The number of carbonyl (C=O) groups is 3. The number of nitro benzene ring substituents is 1. The van der Waals surface area contributed by atoms with Gasteiger partial charge in [-0.3, -0.25) is 14.9 Å². The second-order valence-electron chi connectivity index (χ2n) is 7.70. The molecule has 0 saturated carbocycles. The summed E-state index contributed by atoms with van der Waals surface area (Å²) >= 11 is 0.909. The van der Waals surface area contributed by atoms with E-state index in [0.29, 0.717) is 11.1 Å². The quantitative estimate of drug-likeness (QED) is 0.387. The molecule has 1 amide bonds. The predicted molar refractivity (Wildman–Crippen MR) is 116 cm³/mol. The van der Waals surface area contributed by atoms with Crippen molar-refractivity contribution in [3.8, 4) is 0 Å². The minimum atomic E-state index is -0.739. The van der Waals surface area contributed by atoms with Gasteiger partial charge < -0.3 is 14.8 Å². The Kier molecular flexibility index (Phi) is 7.17. The van der Waals surface area contributed by atoms with Crippen LogP contribution >= 0.6 is 11.3 Å². The summed E-state index contributed by atoms with van der Waals surface area (Å²) in [6, 6.07) is 3.94. The summed E-state index contributed by atoms with van der Waals surface area (Å²) in [5.41, 5.74) is 0.0514. The van der Waals surface area contributed by atoms with Crippen molar-refractivity contribution in [3.63, 3.8) is 0 Å². The van der Waals surface area contributed by atoms with Gasteiger partial charge in [-0.1, -0.05) is 0 Å². The van der Waals surface area contributed by atoms with Crippen LogP contribution in [-0.2, 0) is 9.47 Å². The minimum Gasteiger partial charge on any atom is -0.462 e. The molecule has 0 spiro atoms. The lowest BCUT2D eigenvalue weighted by Gasteiger charge is -2.19. The Bertz CT molecular complexity index is 1050. The molecule has 0 aliphatic rings. The number of esters is 2. The van der Waals surface area contributed by atoms with Crippen LogP contribution in [-0.4, -0.2) is 35.0 Å². The van der Waals surface area contributed by atoms with Gasteiger partial charge in [-0.2, -0.15) is 0 Å². The van der Waals surface area contributed by atoms with E-state index >= 15 is 0 Å². The first-order chi connectivity index (χ1) is 14.4. The smallest absolute Gasteiger partial charge is 0.349 e. The van der Waals surface area contributed by atoms with E-state index in [4.69, 9.17) is 9.47 Å². The zero-order chi connectivity index (χ0) is 23.5. The van der Waals surface area contributed by atoms with Gasteiger partial charge >= 0.3 is 11.9 Å². The molecule has 9 nitrogen and oxygen atoms in total. The van der Waals surface area contributed by atoms with Crippen LogP contribution in [0.2, 0.25) is 0 Å². The molecule has 0 aliphatic carbocycles. The highest BCUT2D eigenvalue weighted by Crippen LogP contribution is 2.35. The van der Waals surface area contributed by atoms with E-state index in [-0.39, 0.29) is 33.3 Å². The van der Waals surface area contributed by atoms with E-state index in [9.17, 15) is 24.5 Å². The second-order valence-corrected chi connectivity index (χ2v) is 8.72. The van der Waals surface area contributed by atoms with Gasteiger partial charge in [-0.05, 0) is 59.2 Å². The Labute approximate surface area is 183 Å². The summed E-state index contributed by atoms with van der Waals surface area (Å²) in [6.07, 6.45) is 0. The standard InChI is InChI=1S/C21H24N2O7S/c1-7-29-19(25)15-12(3)16(20(26)30-21(4,5)6)31-18(15)22-17(24)13-8-9-14(23(27)28)11(2)10-13/h8-10H,7H2,1-6H3,(H,22,24). The Morgan fingerprint density at radius 2 is 1.81 bits per heavy atom. The number of carbonyl (C=O) groups excluding carboxylic acids is 3. The monoisotopic (exact) mass is 448 g/mol. The number of rotatable bonds is 6. The van der Waals surface area contributed by atoms with E-state index in [1.165, 1.54) is 25.1 Å². The average Bonchev–Trinajstić information content (AvgIpc) is 2.96. The number of nitro groups is 1. The lowest BCUT2D eigenvalue weighted by atomic mass is 10.1. The number of nitrogens with zero attached hydrogens (tertiary/aromatic N) is 1. The van der Waals surface area contributed by atoms with Gasteiger partial charge in [0.2, 0.25) is 0 Å². The topological polar surface area (TPSA) is 125 Å². The largest absolute Gasteiger partial charge is 0.462 e. The highest BCUT2D eigenvalue weighted by atomic mass is 32.1. The van der Waals surface area contributed by atoms with Crippen LogP contribution in [0.1, 0.15) is 69.2 Å². The minimum absolute atomic E-state index is 0.0692. The van der Waals surface area contributed by atoms with E-state index in [2.05, 4.69) is 5.32 Å². The fourth-order valence-corrected chi connectivity index (χ4v) is 3.81. The number of benzene rings is 1. The third-order valence-corrected chi connectivity index (χ3v) is 5.28. The Balaban J connectivity index is 2.44. The van der Waals surface area contributed by atoms with Crippen molar-refractivity contribution >= 4 is 39.9 Å². The number of nitrogens with one attached hydrogen (secondary N) is 1. The summed E-state index contributed by atoms with van der Waals surface area (Å²) in [5.74, 6) is -1.88. The Hall–Kier alpha value is -3.27. The van der Waals surface area contributed by atoms with Crippen LogP contribution in [0.15, 0.2) is 18.2 Å². The normalized spacial score (nSPS) is 11.0. The van der Waals surface area contributed by atoms with Crippen LogP contribution in [0.3, 0.4) is 0 Å². The summed E-state index contributed by atoms with van der Waals surface area (Å²) < 4.78 is 10.5. The zero-order valence-corrected chi connectivity index (χ0v) is 19.0. The number of anilines is 1. The molecule has 1 aromatic heterocycles. The van der Waals surface area contributed by atoms with Crippen LogP contribution in [0, 0.1) is 24.0 Å². The highest BCUT2D eigenvalue weighted by Gasteiger charge is 2.29. The number of amides is 1. The zero-order valence-electron chi connectivity index (χ0n) is 18.2. The van der Waals surface area contributed by atoms with E-state index < -0.39 is 28.4 Å². The van der Waals surface area contributed by atoms with Gasteiger partial charge in [0.1, 0.15) is 15.5 Å². The van der Waals surface area contributed by atoms with Crippen molar-refractivity contribution < 1.29 is 28.8 Å². The lowest BCUT2D eigenvalue weighted by Crippen LogP contribution is -2.23. The fourth-order valence-electron chi connectivity index (χ4n) is 2.75. The molecule has 31 heavy (non-hydrogen) atoms. The highest BCUT2D eigenvalue weighted by molar-refractivity contribution is 7.18. The van der Waals surface area contributed by atoms with Gasteiger partial charge in [-0.25, -0.2) is 9.59 Å². The maximum absolute atomic E-state index is 12.8. The Morgan fingerprint density at radius 3 is 2.32 bits per heavy atom. The molecule has 2 rings (SSSR count). The first-order valence-corrected chi connectivity index (χ1v) is 10.3. The molecule has 1 N–H and O–H groups in total. The molecule has 0 aliphatic heterocycles. The number of hydrogen-bond donors (Lipinski definition) is 1. The molecule has 166 valence electrons. The molecule has 1 aromatic carbocycles. The molecule has 1 heterocycles. The van der Waals surface area contributed by atoms with Crippen LogP contribution in [0.5, 0.6) is 0 Å². The molecule has 0 radical (unpaired) electrons. The SMILES string of the molecule is CCOC(=O)c1c(NC(=O)c2ccc([N+](=O)[O-])c(C)c2)sc(C(=O)OC(C)(C)C)c1C. The van der Waals surface area contributed by atoms with E-state index in [0.717, 1.165) is 11.3 Å². The lowest BCUT2D eigenvalue weighted by molar-refractivity contribution is -0.385. The van der Waals surface area contributed by atoms with Gasteiger partial charge in [0.15, 0.2) is 0 Å². The molecule has 10 heteroatoms. The molecule has 0 saturated heterocycles. The summed E-state index contributed by atoms with van der Waals surface area (Å²) in [4.78, 5) is 48.5. The molecule has 2 aromatic rings. The molecule has 0 unspecified atom stereocenters. The second kappa shape index (κ2) is 9.25. The third kappa shape index (κ3) is 5.66. The first-order valence-electron chi connectivity index (χ1n) is 9.46. The van der Waals surface area contributed by atoms with Gasteiger partial charge in [0, 0.05) is 17.2 Å². The summed E-state index contributed by atoms with van der Waals surface area (Å²) in [7, 11) is 0. The molecular formula is C21H24N2O7S. The van der Waals surface area contributed by atoms with Crippen molar-refractivity contribution in [3.05, 3.63) is 55.4 Å². The molecule has 0 fully saturated rings. The predicted octanol–water partition coefficient (Wildman–Crippen LogP) is 4.66. The number of hydrogen-bond acceptors (Lipinski definition) is 8. The maximum Gasteiger partial charge on any atom is 0.349 e. The molecule has 0 bridgehead atoms. The Morgan fingerprint density at radius 1 is 1.16 bits per heavy atom. The van der Waals surface area contributed by atoms with Crippen molar-refractivity contribution in [2.75, 3.05) is 11.9 Å². The average molecular weight is 448 g/mol. The van der Waals surface area contributed by atoms with E-state index in [1.807, 2.05) is 0 Å². The van der Waals surface area contributed by atoms with Crippen molar-refractivity contribution in [1.29, 1.82) is 0 Å². The van der Waals surface area contributed by atoms with Crippen molar-refractivity contribution in [2.24, 2.45) is 0 Å². The summed E-state index contributed by atoms with van der Waals surface area (Å²) in [5, 5.41) is 13.7. The number of thiophene rings is 1. The van der Waals surface area contributed by atoms with Crippen LogP contribution in [0.25, 0.3) is 0 Å². The number of aryl methyl sites for hydroxylation is 1. The van der Waals surface area contributed by atoms with Crippen LogP contribution in [0.4, 0.5) is 10.7 Å². The van der Waals surface area contributed by atoms with Crippen molar-refractivity contribution in [2.45, 2.75) is 47.1 Å². The third-order valence-electron chi connectivity index (χ3n) is 4.09. The fraction of sp³-hybridized carbons (Fsp3) is 0.381. The van der Waals surface area contributed by atoms with Crippen LogP contribution < -0.4 is 5.32 Å². The first kappa shape index (κ1) is 24.0. The summed E-state index contributed by atoms with van der Waals surface area (Å²) in [6.45, 7) is 10.0. The maximum atomic E-state index is 12.8. The van der Waals surface area contributed by atoms with Gasteiger partial charge in [0.25, 0.3) is 11.6 Å². The van der Waals surface area contributed by atoms with Gasteiger partial charge in [-0.15, -0.1) is 11.3 Å². The molecule has 0 atom stereocenters. The molecular weight excluding hydrogens is 424 g/mol. The van der Waals surface area contributed by atoms with Gasteiger partial charge in [0.05, 0.1) is 17.1 Å². The van der Waals surface area contributed by atoms with E-state index in [1.54, 1.807) is 34.6 Å². The number of ether oxygens (including phenoxy) is 2.